The molecule has 1 aromatic heterocycles. The van der Waals surface area contributed by atoms with E-state index in [1.807, 2.05) is 41.2 Å². The third-order valence-corrected chi connectivity index (χ3v) is 2.71. The summed E-state index contributed by atoms with van der Waals surface area (Å²) in [6.07, 6.45) is 1.94. The van der Waals surface area contributed by atoms with Gasteiger partial charge in [-0.1, -0.05) is 24.3 Å². The molecule has 84 valence electrons. The lowest BCUT2D eigenvalue weighted by molar-refractivity contribution is 0.627. The molecule has 0 saturated carbocycles. The fourth-order valence-electron chi connectivity index (χ4n) is 1.54. The second-order valence-corrected chi connectivity index (χ2v) is 3.85. The number of nitrogens with two attached hydrogens (primary N) is 1. The van der Waals surface area contributed by atoms with Gasteiger partial charge < -0.3 is 5.73 Å². The van der Waals surface area contributed by atoms with E-state index < -0.39 is 0 Å². The Morgan fingerprint density at radius 2 is 1.94 bits per heavy atom. The van der Waals surface area contributed by atoms with E-state index in [2.05, 4.69) is 5.10 Å². The fourth-order valence-corrected chi connectivity index (χ4v) is 1.72. The minimum Gasteiger partial charge on any atom is -0.329 e. The smallest absolute Gasteiger partial charge is 0.0923 e. The molecule has 0 atom stereocenters. The maximum Gasteiger partial charge on any atom is 0.0923 e. The van der Waals surface area contributed by atoms with Crippen molar-refractivity contribution >= 4 is 11.6 Å². The lowest BCUT2D eigenvalue weighted by Crippen LogP contribution is -2.09. The quantitative estimate of drug-likeness (QED) is 0.827. The van der Waals surface area contributed by atoms with Gasteiger partial charge in [0.2, 0.25) is 0 Å². The zero-order chi connectivity index (χ0) is 11.4. The monoisotopic (exact) mass is 235 g/mol. The van der Waals surface area contributed by atoms with Crippen molar-refractivity contribution in [1.82, 2.24) is 9.78 Å². The summed E-state index contributed by atoms with van der Waals surface area (Å²) in [5.41, 5.74) is 8.66. The molecule has 0 aliphatic carbocycles. The SMILES string of the molecule is NCCn1ccc(-c2ccc(CCl)cc2)n1. The molecule has 0 radical (unpaired) electrons. The molecule has 16 heavy (non-hydrogen) atoms. The lowest BCUT2D eigenvalue weighted by Gasteiger charge is -1.99. The molecular formula is C12H14ClN3. The first-order valence-electron chi connectivity index (χ1n) is 5.22. The zero-order valence-corrected chi connectivity index (χ0v) is 9.69. The third-order valence-electron chi connectivity index (χ3n) is 2.40. The standard InChI is InChI=1S/C12H14ClN3/c13-9-10-1-3-11(4-2-10)12-5-7-16(15-12)8-6-14/h1-5,7H,6,8-9,14H2. The van der Waals surface area contributed by atoms with Crippen LogP contribution in [0.2, 0.25) is 0 Å². The van der Waals surface area contributed by atoms with Crippen molar-refractivity contribution < 1.29 is 0 Å². The summed E-state index contributed by atoms with van der Waals surface area (Å²) < 4.78 is 1.85. The van der Waals surface area contributed by atoms with Gasteiger partial charge in [-0.2, -0.15) is 5.10 Å². The number of hydrogen-bond donors (Lipinski definition) is 1. The van der Waals surface area contributed by atoms with Crippen molar-refractivity contribution in [3.63, 3.8) is 0 Å². The number of alkyl halides is 1. The average Bonchev–Trinajstić information content (AvgIpc) is 2.78. The van der Waals surface area contributed by atoms with Gasteiger partial charge in [-0.15, -0.1) is 11.6 Å². The van der Waals surface area contributed by atoms with Gasteiger partial charge in [0.1, 0.15) is 0 Å². The molecule has 1 heterocycles. The highest BCUT2D eigenvalue weighted by atomic mass is 35.5. The van der Waals surface area contributed by atoms with Crippen LogP contribution in [-0.4, -0.2) is 16.3 Å². The first-order chi connectivity index (χ1) is 7.83. The predicted molar refractivity (Wildman–Crippen MR) is 66.3 cm³/mol. The van der Waals surface area contributed by atoms with E-state index in [0.717, 1.165) is 23.4 Å². The van der Waals surface area contributed by atoms with E-state index in [1.54, 1.807) is 0 Å². The van der Waals surface area contributed by atoms with Crippen LogP contribution in [0, 0.1) is 0 Å². The van der Waals surface area contributed by atoms with E-state index in [0.29, 0.717) is 12.4 Å². The number of aromatic nitrogens is 2. The summed E-state index contributed by atoms with van der Waals surface area (Å²) in [5.74, 6) is 0.544. The van der Waals surface area contributed by atoms with E-state index in [1.165, 1.54) is 0 Å². The zero-order valence-electron chi connectivity index (χ0n) is 8.94. The number of hydrogen-bond acceptors (Lipinski definition) is 2. The van der Waals surface area contributed by atoms with Crippen molar-refractivity contribution in [2.45, 2.75) is 12.4 Å². The Labute approximate surface area is 99.8 Å². The Morgan fingerprint density at radius 1 is 1.19 bits per heavy atom. The highest BCUT2D eigenvalue weighted by Crippen LogP contribution is 2.18. The molecule has 2 N–H and O–H groups in total. The third kappa shape index (κ3) is 2.43. The summed E-state index contributed by atoms with van der Waals surface area (Å²) in [7, 11) is 0. The summed E-state index contributed by atoms with van der Waals surface area (Å²) in [6, 6.07) is 10.1. The number of benzene rings is 1. The minimum absolute atomic E-state index is 0.544. The van der Waals surface area contributed by atoms with Crippen LogP contribution < -0.4 is 5.73 Å². The highest BCUT2D eigenvalue weighted by molar-refractivity contribution is 6.17. The molecule has 0 aliphatic heterocycles. The molecule has 0 unspecified atom stereocenters. The Morgan fingerprint density at radius 3 is 2.56 bits per heavy atom. The molecule has 0 saturated heterocycles. The van der Waals surface area contributed by atoms with Crippen molar-refractivity contribution in [3.8, 4) is 11.3 Å². The van der Waals surface area contributed by atoms with Gasteiger partial charge in [-0.25, -0.2) is 0 Å². The second kappa shape index (κ2) is 5.14. The molecular weight excluding hydrogens is 222 g/mol. The highest BCUT2D eigenvalue weighted by Gasteiger charge is 2.01. The molecule has 0 amide bonds. The Balaban J connectivity index is 2.21. The van der Waals surface area contributed by atoms with Crippen molar-refractivity contribution in [1.29, 1.82) is 0 Å². The molecule has 0 fully saturated rings. The molecule has 3 nitrogen and oxygen atoms in total. The van der Waals surface area contributed by atoms with Crippen molar-refractivity contribution in [2.24, 2.45) is 5.73 Å². The molecule has 2 rings (SSSR count). The summed E-state index contributed by atoms with van der Waals surface area (Å²) in [5, 5.41) is 4.43. The summed E-state index contributed by atoms with van der Waals surface area (Å²) >= 11 is 5.74. The molecule has 0 spiro atoms. The summed E-state index contributed by atoms with van der Waals surface area (Å²) in [6.45, 7) is 1.35. The number of halogens is 1. The molecule has 0 bridgehead atoms. The van der Waals surface area contributed by atoms with Gasteiger partial charge in [0, 0.05) is 24.2 Å². The number of nitrogens with zero attached hydrogens (tertiary/aromatic N) is 2. The van der Waals surface area contributed by atoms with Gasteiger partial charge in [-0.3, -0.25) is 4.68 Å². The topological polar surface area (TPSA) is 43.8 Å². The summed E-state index contributed by atoms with van der Waals surface area (Å²) in [4.78, 5) is 0. The molecule has 1 aromatic carbocycles. The van der Waals surface area contributed by atoms with Gasteiger partial charge in [0.15, 0.2) is 0 Å². The first kappa shape index (κ1) is 11.2. The van der Waals surface area contributed by atoms with Crippen LogP contribution in [0.15, 0.2) is 36.5 Å². The maximum absolute atomic E-state index is 5.74. The lowest BCUT2D eigenvalue weighted by atomic mass is 10.1. The Hall–Kier alpha value is -1.32. The van der Waals surface area contributed by atoms with Crippen LogP contribution in [0.3, 0.4) is 0 Å². The van der Waals surface area contributed by atoms with Gasteiger partial charge >= 0.3 is 0 Å². The Bertz CT molecular complexity index is 448. The first-order valence-corrected chi connectivity index (χ1v) is 5.75. The van der Waals surface area contributed by atoms with Crippen LogP contribution in [0.1, 0.15) is 5.56 Å². The Kier molecular flexibility index (Phi) is 3.59. The molecule has 2 aromatic rings. The van der Waals surface area contributed by atoms with Crippen molar-refractivity contribution in [2.75, 3.05) is 6.54 Å². The molecule has 0 aliphatic rings. The molecule has 4 heteroatoms. The van der Waals surface area contributed by atoms with Crippen LogP contribution in [0.4, 0.5) is 0 Å². The van der Waals surface area contributed by atoms with Crippen LogP contribution in [0.25, 0.3) is 11.3 Å². The number of rotatable bonds is 4. The maximum atomic E-state index is 5.74. The largest absolute Gasteiger partial charge is 0.329 e. The van der Waals surface area contributed by atoms with Crippen LogP contribution in [-0.2, 0) is 12.4 Å². The fraction of sp³-hybridized carbons (Fsp3) is 0.250. The van der Waals surface area contributed by atoms with Gasteiger partial charge in [0.05, 0.1) is 12.2 Å². The normalized spacial score (nSPS) is 10.6. The average molecular weight is 236 g/mol. The van der Waals surface area contributed by atoms with Crippen LogP contribution >= 0.6 is 11.6 Å². The van der Waals surface area contributed by atoms with E-state index >= 15 is 0 Å². The van der Waals surface area contributed by atoms with Crippen molar-refractivity contribution in [3.05, 3.63) is 42.1 Å². The van der Waals surface area contributed by atoms with E-state index in [9.17, 15) is 0 Å². The second-order valence-electron chi connectivity index (χ2n) is 3.58. The predicted octanol–water partition coefficient (Wildman–Crippen LogP) is 2.25. The van der Waals surface area contributed by atoms with E-state index in [4.69, 9.17) is 17.3 Å². The minimum atomic E-state index is 0.544. The van der Waals surface area contributed by atoms with Gasteiger partial charge in [0.25, 0.3) is 0 Å². The van der Waals surface area contributed by atoms with E-state index in [-0.39, 0.29) is 0 Å². The van der Waals surface area contributed by atoms with Gasteiger partial charge in [-0.05, 0) is 11.6 Å². The van der Waals surface area contributed by atoms with Crippen LogP contribution in [0.5, 0.6) is 0 Å².